The highest BCUT2D eigenvalue weighted by atomic mass is 31.2. The summed E-state index contributed by atoms with van der Waals surface area (Å²) in [4.78, 5) is 28.2. The minimum Gasteiger partial charge on any atom is -0.860 e. The SMILES string of the molecule is O=C(C[P+](c1ccccc1)(c1ccccc1)c1c2ccccc2cc2ccccc12)c1ccccc1.O=C(C[P+](c1ccccc1)(c1ccccc1)c1c2ccccc2cc2ccccc12)c1ccccc1.[O-]B([O-])Oc1cc(C(F)(F)F)cc(C(F)(F)F)c1. The third-order valence-corrected chi connectivity index (χ3v) is 24.5. The Morgan fingerprint density at radius 2 is 0.578 bits per heavy atom. The number of hydrogen-bond donors (Lipinski definition) is 0. The van der Waals surface area contributed by atoms with Gasteiger partial charge in [-0.15, -0.1) is 0 Å². The number of alkyl halides is 6. The van der Waals surface area contributed by atoms with Gasteiger partial charge in [-0.1, -0.05) is 231 Å². The van der Waals surface area contributed by atoms with Gasteiger partial charge in [0.2, 0.25) is 11.6 Å². The van der Waals surface area contributed by atoms with Crippen LogP contribution in [0.25, 0.3) is 43.1 Å². The molecule has 444 valence electrons. The van der Waals surface area contributed by atoms with Gasteiger partial charge in [-0.25, -0.2) is 0 Å². The molecule has 13 aromatic carbocycles. The number of rotatable bonds is 14. The Hall–Kier alpha value is -9.54. The van der Waals surface area contributed by atoms with Gasteiger partial charge >= 0.3 is 12.4 Å². The van der Waals surface area contributed by atoms with E-state index >= 15 is 0 Å². The summed E-state index contributed by atoms with van der Waals surface area (Å²) in [7, 11) is -7.85. The molecule has 0 amide bonds. The van der Waals surface area contributed by atoms with Crippen molar-refractivity contribution < 1.29 is 50.6 Å². The van der Waals surface area contributed by atoms with Crippen molar-refractivity contribution in [2.75, 3.05) is 12.3 Å². The highest BCUT2D eigenvalue weighted by Crippen LogP contribution is 2.60. The summed E-state index contributed by atoms with van der Waals surface area (Å²) in [6.45, 7) is 0. The predicted molar refractivity (Wildman–Crippen MR) is 354 cm³/mol. The number of ketones is 2. The first-order valence-corrected chi connectivity index (χ1v) is 32.7. The molecule has 0 atom stereocenters. The molecular weight excluding hydrogens is 1180 g/mol. The highest BCUT2D eigenvalue weighted by molar-refractivity contribution is 7.97. The molecule has 0 heterocycles. The molecule has 0 aromatic heterocycles. The lowest BCUT2D eigenvalue weighted by Crippen LogP contribution is -2.50. The predicted octanol–water partition coefficient (Wildman–Crippen LogP) is 15.1. The fourth-order valence-electron chi connectivity index (χ4n) is 11.8. The maximum atomic E-state index is 14.1. The van der Waals surface area contributed by atoms with Gasteiger partial charge in [-0.2, -0.15) is 26.3 Å². The van der Waals surface area contributed by atoms with Crippen molar-refractivity contribution in [2.24, 2.45) is 0 Å². The standard InChI is InChI=1S/2C34H26OP.C8H3BF6O3/c2*35-33(26-14-4-1-5-15-26)25-36(29-18-6-2-7-19-29,30-20-8-3-9-21-30)34-31-22-12-10-16-27(31)24-28-17-11-13-23-32(28)34;10-7(11,12)4-1-5(8(13,14)15)3-6(2-4)18-9(16)17/h2*1-24H,25H2;1-3H/q2*+1;-2. The van der Waals surface area contributed by atoms with E-state index in [2.05, 4.69) is 235 Å². The fourth-order valence-corrected chi connectivity index (χ4v) is 20.9. The summed E-state index contributed by atoms with van der Waals surface area (Å²) >= 11 is 0. The Morgan fingerprint density at radius 3 is 0.833 bits per heavy atom. The molecule has 90 heavy (non-hydrogen) atoms. The topological polar surface area (TPSA) is 89.5 Å². The monoisotopic (exact) mass is 1230 g/mol. The average molecular weight is 1240 g/mol. The van der Waals surface area contributed by atoms with Crippen LogP contribution in [-0.2, 0) is 12.4 Å². The quantitative estimate of drug-likeness (QED) is 0.0356. The van der Waals surface area contributed by atoms with Crippen molar-refractivity contribution >= 4 is 108 Å². The molecule has 0 aliphatic rings. The van der Waals surface area contributed by atoms with Crippen molar-refractivity contribution in [1.82, 2.24) is 0 Å². The second-order valence-corrected chi connectivity index (χ2v) is 28.2. The van der Waals surface area contributed by atoms with E-state index in [-0.39, 0.29) is 29.8 Å². The van der Waals surface area contributed by atoms with Crippen LogP contribution < -0.4 is 46.5 Å². The lowest BCUT2D eigenvalue weighted by atomic mass is 10.0. The van der Waals surface area contributed by atoms with Gasteiger partial charge in [0.15, 0.2) is 0 Å². The lowest BCUT2D eigenvalue weighted by Gasteiger charge is -2.29. The molecule has 5 nitrogen and oxygen atoms in total. The van der Waals surface area contributed by atoms with Crippen LogP contribution >= 0.6 is 14.5 Å². The average Bonchev–Trinajstić information content (AvgIpc) is 0.740. The molecule has 13 rings (SSSR count). The van der Waals surface area contributed by atoms with Gasteiger partial charge < -0.3 is 14.7 Å². The smallest absolute Gasteiger partial charge is 0.416 e. The van der Waals surface area contributed by atoms with Crippen LogP contribution in [0.1, 0.15) is 31.8 Å². The summed E-state index contributed by atoms with van der Waals surface area (Å²) in [6, 6.07) is 102. The maximum absolute atomic E-state index is 14.1. The summed E-state index contributed by atoms with van der Waals surface area (Å²) in [6.07, 6.45) is -9.24. The van der Waals surface area contributed by atoms with E-state index in [1.807, 2.05) is 60.7 Å². The molecule has 0 fully saturated rings. The summed E-state index contributed by atoms with van der Waals surface area (Å²) in [5.41, 5.74) is -1.79. The Bertz CT molecular complexity index is 4150. The van der Waals surface area contributed by atoms with E-state index in [1.54, 1.807) is 0 Å². The normalized spacial score (nSPS) is 11.7. The minimum absolute atomic E-state index is 0.141. The Balaban J connectivity index is 0.000000147. The van der Waals surface area contributed by atoms with E-state index < -0.39 is 51.1 Å². The summed E-state index contributed by atoms with van der Waals surface area (Å²) in [5.74, 6) is -0.727. The largest absolute Gasteiger partial charge is 0.860 e. The van der Waals surface area contributed by atoms with E-state index in [0.29, 0.717) is 12.3 Å². The number of Topliss-reactive ketones (excluding diaryl/α,β-unsaturated/α-hetero) is 2. The van der Waals surface area contributed by atoms with Crippen molar-refractivity contribution in [2.45, 2.75) is 12.4 Å². The van der Waals surface area contributed by atoms with Crippen LogP contribution in [0.2, 0.25) is 0 Å². The van der Waals surface area contributed by atoms with Gasteiger partial charge in [-0.3, -0.25) is 9.59 Å². The summed E-state index contributed by atoms with van der Waals surface area (Å²) < 4.78 is 77.5. The zero-order valence-electron chi connectivity index (χ0n) is 48.1. The Kier molecular flexibility index (Phi) is 18.7. The number of carbonyl (C=O) groups excluding carboxylic acids is 2. The third kappa shape index (κ3) is 13.3. The first-order valence-electron chi connectivity index (χ1n) is 28.8. The third-order valence-electron chi connectivity index (χ3n) is 15.8. The molecular formula is C76H55BF6O5P2. The molecule has 0 unspecified atom stereocenters. The Labute approximate surface area is 518 Å². The minimum atomic E-state index is -5.05. The van der Waals surface area contributed by atoms with Gasteiger partial charge in [0.25, 0.3) is 0 Å². The van der Waals surface area contributed by atoms with Crippen molar-refractivity contribution in [3.8, 4) is 5.75 Å². The maximum Gasteiger partial charge on any atom is 0.416 e. The van der Waals surface area contributed by atoms with Crippen LogP contribution in [-0.4, -0.2) is 31.2 Å². The first kappa shape index (κ1) is 62.1. The number of carbonyl (C=O) groups is 2. The molecule has 13 aromatic rings. The van der Waals surface area contributed by atoms with E-state index in [9.17, 15) is 46.0 Å². The van der Waals surface area contributed by atoms with Crippen molar-refractivity contribution in [3.63, 3.8) is 0 Å². The molecule has 0 aliphatic heterocycles. The van der Waals surface area contributed by atoms with Crippen LogP contribution in [0.4, 0.5) is 26.3 Å². The van der Waals surface area contributed by atoms with E-state index in [1.165, 1.54) is 74.9 Å². The second kappa shape index (κ2) is 27.1. The van der Waals surface area contributed by atoms with Crippen LogP contribution in [0, 0.1) is 0 Å². The van der Waals surface area contributed by atoms with Crippen molar-refractivity contribution in [1.29, 1.82) is 0 Å². The van der Waals surface area contributed by atoms with Crippen molar-refractivity contribution in [3.05, 3.63) is 332 Å². The van der Waals surface area contributed by atoms with Gasteiger partial charge in [-0.05, 0) is 100 Å². The van der Waals surface area contributed by atoms with Gasteiger partial charge in [0.05, 0.1) is 16.9 Å². The summed E-state index contributed by atoms with van der Waals surface area (Å²) in [5, 5.41) is 37.3. The van der Waals surface area contributed by atoms with E-state index in [4.69, 9.17) is 0 Å². The van der Waals surface area contributed by atoms with Crippen LogP contribution in [0.5, 0.6) is 5.75 Å². The molecule has 0 radical (unpaired) electrons. The Morgan fingerprint density at radius 1 is 0.333 bits per heavy atom. The highest BCUT2D eigenvalue weighted by Gasteiger charge is 2.51. The van der Waals surface area contributed by atoms with Gasteiger partial charge in [0.1, 0.15) is 66.0 Å². The zero-order chi connectivity index (χ0) is 62.9. The molecule has 0 N–H and O–H groups in total. The van der Waals surface area contributed by atoms with Crippen LogP contribution in [0.15, 0.2) is 309 Å². The van der Waals surface area contributed by atoms with Gasteiger partial charge in [0, 0.05) is 32.7 Å². The molecule has 0 saturated carbocycles. The molecule has 0 bridgehead atoms. The van der Waals surface area contributed by atoms with E-state index in [0.717, 1.165) is 11.1 Å². The second-order valence-electron chi connectivity index (χ2n) is 21.3. The molecule has 0 saturated heterocycles. The first-order chi connectivity index (χ1) is 43.5. The lowest BCUT2D eigenvalue weighted by molar-refractivity contribution is -0.372. The van der Waals surface area contributed by atoms with Crippen LogP contribution in [0.3, 0.4) is 0 Å². The molecule has 14 heteroatoms. The number of benzene rings is 13. The number of hydrogen-bond acceptors (Lipinski definition) is 5. The molecule has 0 spiro atoms. The number of halogens is 6. The number of fused-ring (bicyclic) bond motifs is 4. The molecule has 0 aliphatic carbocycles. The zero-order valence-corrected chi connectivity index (χ0v) is 49.9. The fraction of sp³-hybridized carbons (Fsp3) is 0.0526.